The van der Waals surface area contributed by atoms with E-state index in [-0.39, 0.29) is 11.3 Å². The van der Waals surface area contributed by atoms with Crippen molar-refractivity contribution in [1.29, 1.82) is 0 Å². The largest absolute Gasteiger partial charge is 0.457 e. The fourth-order valence-corrected chi connectivity index (χ4v) is 5.58. The van der Waals surface area contributed by atoms with Crippen LogP contribution in [0.15, 0.2) is 115 Å². The quantitative estimate of drug-likeness (QED) is 0.280. The predicted molar refractivity (Wildman–Crippen MR) is 143 cm³/mol. The third-order valence-corrected chi connectivity index (χ3v) is 7.54. The molecular weight excluding hydrogens is 442 g/mol. The first kappa shape index (κ1) is 20.9. The first-order chi connectivity index (χ1) is 17.6. The minimum absolute atomic E-state index is 0.0408. The standard InChI is InChI=1S/C32H25N3O/c1-21-14-15-22(26-10-7-8-18-33-26)19-30(21)36-23-16-17-32(2)24-9-3-5-12-28(24)35-29-13-6-4-11-27(29)34-31(35)25(32)20-23/h3-20,25H,1-2H3. The Labute approximate surface area is 210 Å². The molecule has 5 aromatic rings. The molecule has 2 unspecified atom stereocenters. The highest BCUT2D eigenvalue weighted by Crippen LogP contribution is 2.51. The second kappa shape index (κ2) is 7.79. The summed E-state index contributed by atoms with van der Waals surface area (Å²) in [5.74, 6) is 2.75. The second-order valence-electron chi connectivity index (χ2n) is 9.77. The van der Waals surface area contributed by atoms with Gasteiger partial charge in [-0.3, -0.25) is 9.55 Å². The molecule has 2 aliphatic rings. The van der Waals surface area contributed by atoms with Gasteiger partial charge in [-0.15, -0.1) is 0 Å². The molecule has 36 heavy (non-hydrogen) atoms. The van der Waals surface area contributed by atoms with E-state index >= 15 is 0 Å². The first-order valence-electron chi connectivity index (χ1n) is 12.3. The average molecular weight is 468 g/mol. The third-order valence-electron chi connectivity index (χ3n) is 7.54. The van der Waals surface area contributed by atoms with Crippen LogP contribution in [0.4, 0.5) is 0 Å². The molecule has 3 heterocycles. The Balaban J connectivity index is 1.34. The van der Waals surface area contributed by atoms with E-state index in [2.05, 4.69) is 108 Å². The zero-order chi connectivity index (χ0) is 24.3. The molecule has 0 amide bonds. The molecular formula is C32H25N3O. The van der Waals surface area contributed by atoms with Crippen LogP contribution >= 0.6 is 0 Å². The maximum Gasteiger partial charge on any atom is 0.130 e. The number of aromatic nitrogens is 3. The highest BCUT2D eigenvalue weighted by atomic mass is 16.5. The van der Waals surface area contributed by atoms with E-state index in [4.69, 9.17) is 9.72 Å². The van der Waals surface area contributed by atoms with Crippen molar-refractivity contribution >= 4 is 11.0 Å². The monoisotopic (exact) mass is 467 g/mol. The van der Waals surface area contributed by atoms with Gasteiger partial charge in [0.2, 0.25) is 0 Å². The number of rotatable bonds is 3. The van der Waals surface area contributed by atoms with Gasteiger partial charge in [0, 0.05) is 17.2 Å². The van der Waals surface area contributed by atoms with Gasteiger partial charge in [0.05, 0.1) is 28.3 Å². The Morgan fingerprint density at radius 1 is 0.917 bits per heavy atom. The maximum atomic E-state index is 6.53. The van der Waals surface area contributed by atoms with Crippen LogP contribution < -0.4 is 4.74 Å². The summed E-state index contributed by atoms with van der Waals surface area (Å²) in [6.07, 6.45) is 8.45. The van der Waals surface area contributed by atoms with Gasteiger partial charge in [-0.2, -0.15) is 0 Å². The Morgan fingerprint density at radius 2 is 1.75 bits per heavy atom. The van der Waals surface area contributed by atoms with E-state index in [1.165, 1.54) is 11.3 Å². The van der Waals surface area contributed by atoms with Gasteiger partial charge in [-0.05, 0) is 66.6 Å². The number of imidazole rings is 1. The number of nitrogens with zero attached hydrogens (tertiary/aromatic N) is 3. The second-order valence-corrected chi connectivity index (χ2v) is 9.77. The van der Waals surface area contributed by atoms with Crippen LogP contribution in [0.1, 0.15) is 29.8 Å². The van der Waals surface area contributed by atoms with Gasteiger partial charge < -0.3 is 4.74 Å². The summed E-state index contributed by atoms with van der Waals surface area (Å²) >= 11 is 0. The summed E-state index contributed by atoms with van der Waals surface area (Å²) < 4.78 is 8.85. The Kier molecular flexibility index (Phi) is 4.52. The number of fused-ring (bicyclic) bond motifs is 8. The summed E-state index contributed by atoms with van der Waals surface area (Å²) in [7, 11) is 0. The number of hydrogen-bond donors (Lipinski definition) is 0. The zero-order valence-corrected chi connectivity index (χ0v) is 20.2. The lowest BCUT2D eigenvalue weighted by Crippen LogP contribution is -2.36. The number of para-hydroxylation sites is 3. The molecule has 0 N–H and O–H groups in total. The number of allylic oxidation sites excluding steroid dienone is 3. The normalized spacial score (nSPS) is 19.8. The summed E-state index contributed by atoms with van der Waals surface area (Å²) in [6, 6.07) is 29.2. The van der Waals surface area contributed by atoms with Crippen molar-refractivity contribution in [3.05, 3.63) is 132 Å². The van der Waals surface area contributed by atoms with E-state index < -0.39 is 0 Å². The molecule has 4 nitrogen and oxygen atoms in total. The Bertz CT molecular complexity index is 1700. The molecule has 0 saturated heterocycles. The van der Waals surface area contributed by atoms with Crippen LogP contribution in [0.5, 0.6) is 5.75 Å². The summed E-state index contributed by atoms with van der Waals surface area (Å²) in [5.41, 5.74) is 7.47. The van der Waals surface area contributed by atoms with Crippen LogP contribution in [0.25, 0.3) is 28.0 Å². The lowest BCUT2D eigenvalue weighted by molar-refractivity contribution is 0.405. The van der Waals surface area contributed by atoms with Crippen molar-refractivity contribution in [3.8, 4) is 22.7 Å². The Hall–Kier alpha value is -4.44. The van der Waals surface area contributed by atoms with Gasteiger partial charge in [0.25, 0.3) is 0 Å². The zero-order valence-electron chi connectivity index (χ0n) is 20.2. The molecule has 0 spiro atoms. The van der Waals surface area contributed by atoms with Gasteiger partial charge >= 0.3 is 0 Å². The van der Waals surface area contributed by atoms with Crippen molar-refractivity contribution in [2.75, 3.05) is 0 Å². The van der Waals surface area contributed by atoms with Gasteiger partial charge in [0.1, 0.15) is 17.3 Å². The molecule has 0 saturated carbocycles. The van der Waals surface area contributed by atoms with Crippen LogP contribution in [0, 0.1) is 6.92 Å². The molecule has 0 fully saturated rings. The minimum atomic E-state index is -0.217. The lowest BCUT2D eigenvalue weighted by atomic mass is 9.66. The SMILES string of the molecule is Cc1ccc(-c2ccccn2)cc1OC1=CC2c3nc4ccccc4n3-c3ccccc3C2(C)C=C1. The van der Waals surface area contributed by atoms with E-state index in [0.717, 1.165) is 45.2 Å². The van der Waals surface area contributed by atoms with Crippen molar-refractivity contribution < 1.29 is 4.74 Å². The molecule has 2 atom stereocenters. The number of hydrogen-bond acceptors (Lipinski definition) is 3. The van der Waals surface area contributed by atoms with Crippen molar-refractivity contribution in [3.63, 3.8) is 0 Å². The first-order valence-corrected chi connectivity index (χ1v) is 12.3. The highest BCUT2D eigenvalue weighted by molar-refractivity contribution is 5.80. The summed E-state index contributed by atoms with van der Waals surface area (Å²) in [6.45, 7) is 4.38. The summed E-state index contributed by atoms with van der Waals surface area (Å²) in [5, 5.41) is 0. The van der Waals surface area contributed by atoms with Crippen LogP contribution in [-0.2, 0) is 5.41 Å². The van der Waals surface area contributed by atoms with E-state index in [9.17, 15) is 0 Å². The lowest BCUT2D eigenvalue weighted by Gasteiger charge is -2.41. The highest BCUT2D eigenvalue weighted by Gasteiger charge is 2.44. The van der Waals surface area contributed by atoms with Crippen molar-refractivity contribution in [2.24, 2.45) is 0 Å². The van der Waals surface area contributed by atoms with E-state index in [0.29, 0.717) is 0 Å². The van der Waals surface area contributed by atoms with E-state index in [1.54, 1.807) is 0 Å². The molecule has 0 bridgehead atoms. The van der Waals surface area contributed by atoms with Crippen LogP contribution in [0.3, 0.4) is 0 Å². The molecule has 2 aromatic heterocycles. The molecule has 7 rings (SSSR count). The number of aryl methyl sites for hydroxylation is 1. The van der Waals surface area contributed by atoms with Gasteiger partial charge in [-0.25, -0.2) is 4.98 Å². The number of benzene rings is 3. The molecule has 1 aliphatic heterocycles. The number of pyridine rings is 1. The topological polar surface area (TPSA) is 39.9 Å². The smallest absolute Gasteiger partial charge is 0.130 e. The average Bonchev–Trinajstić information content (AvgIpc) is 3.31. The Morgan fingerprint density at radius 3 is 2.64 bits per heavy atom. The third kappa shape index (κ3) is 3.07. The van der Waals surface area contributed by atoms with E-state index in [1.807, 2.05) is 24.4 Å². The van der Waals surface area contributed by atoms with Crippen molar-refractivity contribution in [1.82, 2.24) is 14.5 Å². The van der Waals surface area contributed by atoms with Gasteiger partial charge in [-0.1, -0.05) is 61.5 Å². The molecule has 3 aromatic carbocycles. The molecule has 0 radical (unpaired) electrons. The maximum absolute atomic E-state index is 6.53. The van der Waals surface area contributed by atoms with Gasteiger partial charge in [0.15, 0.2) is 0 Å². The fraction of sp³-hybridized carbons (Fsp3) is 0.125. The minimum Gasteiger partial charge on any atom is -0.457 e. The number of ether oxygens (including phenoxy) is 1. The molecule has 4 heteroatoms. The molecule has 174 valence electrons. The van der Waals surface area contributed by atoms with Crippen molar-refractivity contribution in [2.45, 2.75) is 25.2 Å². The molecule has 1 aliphatic carbocycles. The predicted octanol–water partition coefficient (Wildman–Crippen LogP) is 7.28. The van der Waals surface area contributed by atoms with Crippen LogP contribution in [0.2, 0.25) is 0 Å². The van der Waals surface area contributed by atoms with Crippen LogP contribution in [-0.4, -0.2) is 14.5 Å². The fourth-order valence-electron chi connectivity index (χ4n) is 5.58. The summed E-state index contributed by atoms with van der Waals surface area (Å²) in [4.78, 5) is 9.62.